The third-order valence-electron chi connectivity index (χ3n) is 6.09. The van der Waals surface area contributed by atoms with Gasteiger partial charge in [-0.1, -0.05) is 0 Å². The first kappa shape index (κ1) is 16.2. The van der Waals surface area contributed by atoms with Crippen LogP contribution in [0.15, 0.2) is 18.2 Å². The molecule has 28 heavy (non-hydrogen) atoms. The second kappa shape index (κ2) is 5.40. The molecule has 2 bridgehead atoms. The lowest BCUT2D eigenvalue weighted by atomic mass is 9.81. The van der Waals surface area contributed by atoms with Gasteiger partial charge in [-0.15, -0.1) is 0 Å². The van der Waals surface area contributed by atoms with E-state index in [1.165, 1.54) is 0 Å². The molecule has 6 heteroatoms. The van der Waals surface area contributed by atoms with Gasteiger partial charge in [0.1, 0.15) is 28.6 Å². The Morgan fingerprint density at radius 1 is 0.964 bits per heavy atom. The highest BCUT2D eigenvalue weighted by Gasteiger charge is 2.42. The molecule has 2 atom stereocenters. The first-order valence-corrected chi connectivity index (χ1v) is 9.72. The van der Waals surface area contributed by atoms with E-state index in [4.69, 9.17) is 28.4 Å². The zero-order valence-electron chi connectivity index (χ0n) is 16.2. The Morgan fingerprint density at radius 3 is 2.54 bits per heavy atom. The summed E-state index contributed by atoms with van der Waals surface area (Å²) in [6.07, 6.45) is 2.26. The van der Waals surface area contributed by atoms with Crippen LogP contribution in [0.5, 0.6) is 34.5 Å². The molecule has 0 fully saturated rings. The van der Waals surface area contributed by atoms with E-state index in [0.717, 1.165) is 64.7 Å². The van der Waals surface area contributed by atoms with E-state index in [2.05, 4.69) is 13.8 Å². The molecular weight excluding hydrogens is 360 g/mol. The molecule has 6 nitrogen and oxygen atoms in total. The van der Waals surface area contributed by atoms with Crippen molar-refractivity contribution in [1.29, 1.82) is 0 Å². The van der Waals surface area contributed by atoms with Crippen molar-refractivity contribution in [3.63, 3.8) is 0 Å². The topological polar surface area (TPSA) is 55.4 Å². The molecule has 0 spiro atoms. The third kappa shape index (κ3) is 2.20. The predicted molar refractivity (Wildman–Crippen MR) is 100 cm³/mol. The van der Waals surface area contributed by atoms with Crippen molar-refractivity contribution in [2.45, 2.75) is 50.9 Å². The average molecular weight is 382 g/mol. The van der Waals surface area contributed by atoms with E-state index in [1.54, 1.807) is 7.11 Å². The van der Waals surface area contributed by atoms with Gasteiger partial charge in [0, 0.05) is 41.2 Å². The fourth-order valence-corrected chi connectivity index (χ4v) is 4.74. The molecule has 0 N–H and O–H groups in total. The summed E-state index contributed by atoms with van der Waals surface area (Å²) >= 11 is 0. The average Bonchev–Trinajstić information content (AvgIpc) is 3.11. The Balaban J connectivity index is 1.54. The van der Waals surface area contributed by atoms with Crippen LogP contribution in [0.1, 0.15) is 49.3 Å². The molecule has 4 aliphatic rings. The summed E-state index contributed by atoms with van der Waals surface area (Å²) in [5.41, 5.74) is 3.08. The van der Waals surface area contributed by atoms with Crippen LogP contribution in [0, 0.1) is 0 Å². The largest absolute Gasteiger partial charge is 0.496 e. The summed E-state index contributed by atoms with van der Waals surface area (Å²) in [6, 6.07) is 5.95. The molecule has 0 saturated heterocycles. The SMILES string of the molecule is COc1c2c(cc3c1[C@@H]1C[C@@H](Oc4cc5c(cc41)OCO5)O3)OC(C)(C)CC2. The van der Waals surface area contributed by atoms with E-state index < -0.39 is 0 Å². The highest BCUT2D eigenvalue weighted by atomic mass is 16.7. The quantitative estimate of drug-likeness (QED) is 0.738. The van der Waals surface area contributed by atoms with Gasteiger partial charge >= 0.3 is 0 Å². The van der Waals surface area contributed by atoms with E-state index in [1.807, 2.05) is 18.2 Å². The number of fused-ring (bicyclic) bond motifs is 8. The van der Waals surface area contributed by atoms with Crippen LogP contribution in [0.25, 0.3) is 0 Å². The van der Waals surface area contributed by atoms with Crippen molar-refractivity contribution < 1.29 is 28.4 Å². The molecule has 2 aromatic carbocycles. The minimum absolute atomic E-state index is 0.113. The van der Waals surface area contributed by atoms with Crippen molar-refractivity contribution in [2.24, 2.45) is 0 Å². The van der Waals surface area contributed by atoms with Crippen LogP contribution < -0.4 is 28.4 Å². The van der Waals surface area contributed by atoms with Crippen LogP contribution in [0.3, 0.4) is 0 Å². The minimum Gasteiger partial charge on any atom is -0.496 e. The fraction of sp³-hybridized carbons (Fsp3) is 0.455. The molecule has 4 heterocycles. The van der Waals surface area contributed by atoms with E-state index in [0.29, 0.717) is 5.75 Å². The molecule has 6 rings (SSSR count). The molecule has 0 radical (unpaired) electrons. The monoisotopic (exact) mass is 382 g/mol. The molecule has 4 aliphatic heterocycles. The Labute approximate surface area is 163 Å². The number of ether oxygens (including phenoxy) is 6. The molecular formula is C22H22O6. The Morgan fingerprint density at radius 2 is 1.71 bits per heavy atom. The van der Waals surface area contributed by atoms with E-state index in [9.17, 15) is 0 Å². The lowest BCUT2D eigenvalue weighted by molar-refractivity contribution is -0.0277. The van der Waals surface area contributed by atoms with Gasteiger partial charge in [-0.3, -0.25) is 0 Å². The van der Waals surface area contributed by atoms with Crippen LogP contribution >= 0.6 is 0 Å². The summed E-state index contributed by atoms with van der Waals surface area (Å²) in [4.78, 5) is 0. The third-order valence-corrected chi connectivity index (χ3v) is 6.09. The molecule has 0 aliphatic carbocycles. The molecule has 0 unspecified atom stereocenters. The van der Waals surface area contributed by atoms with Gasteiger partial charge < -0.3 is 28.4 Å². The number of rotatable bonds is 1. The number of hydrogen-bond acceptors (Lipinski definition) is 6. The maximum Gasteiger partial charge on any atom is 0.242 e. The number of hydrogen-bond donors (Lipinski definition) is 0. The van der Waals surface area contributed by atoms with Gasteiger partial charge in [0.15, 0.2) is 11.5 Å². The van der Waals surface area contributed by atoms with Crippen LogP contribution in [0.2, 0.25) is 0 Å². The zero-order valence-corrected chi connectivity index (χ0v) is 16.2. The van der Waals surface area contributed by atoms with Gasteiger partial charge in [0.05, 0.1) is 7.11 Å². The molecule has 146 valence electrons. The van der Waals surface area contributed by atoms with Gasteiger partial charge in [0.25, 0.3) is 0 Å². The van der Waals surface area contributed by atoms with Gasteiger partial charge in [0.2, 0.25) is 13.1 Å². The summed E-state index contributed by atoms with van der Waals surface area (Å²) in [7, 11) is 1.72. The highest BCUT2D eigenvalue weighted by molar-refractivity contribution is 5.65. The first-order valence-electron chi connectivity index (χ1n) is 9.72. The molecule has 0 saturated carbocycles. The molecule has 0 amide bonds. The first-order chi connectivity index (χ1) is 13.5. The van der Waals surface area contributed by atoms with Gasteiger partial charge in [-0.2, -0.15) is 0 Å². The summed E-state index contributed by atoms with van der Waals surface area (Å²) in [5.74, 6) is 4.87. The Bertz CT molecular complexity index is 995. The fourth-order valence-electron chi connectivity index (χ4n) is 4.74. The summed E-state index contributed by atoms with van der Waals surface area (Å²) in [5, 5.41) is 0. The van der Waals surface area contributed by atoms with Crippen LogP contribution in [-0.4, -0.2) is 25.8 Å². The smallest absolute Gasteiger partial charge is 0.242 e. The highest BCUT2D eigenvalue weighted by Crippen LogP contribution is 2.56. The lowest BCUT2D eigenvalue weighted by Gasteiger charge is -2.40. The second-order valence-corrected chi connectivity index (χ2v) is 8.36. The number of benzene rings is 2. The van der Waals surface area contributed by atoms with Crippen molar-refractivity contribution >= 4 is 0 Å². The Hall–Kier alpha value is -2.76. The Kier molecular flexibility index (Phi) is 3.13. The maximum atomic E-state index is 6.24. The predicted octanol–water partition coefficient (Wildman–Crippen LogP) is 4.16. The lowest BCUT2D eigenvalue weighted by Crippen LogP contribution is -2.37. The van der Waals surface area contributed by atoms with Crippen LogP contribution in [-0.2, 0) is 6.42 Å². The van der Waals surface area contributed by atoms with E-state index in [-0.39, 0.29) is 24.6 Å². The van der Waals surface area contributed by atoms with Gasteiger partial charge in [-0.25, -0.2) is 0 Å². The van der Waals surface area contributed by atoms with Crippen molar-refractivity contribution in [3.05, 3.63) is 34.9 Å². The summed E-state index contributed by atoms with van der Waals surface area (Å²) < 4.78 is 35.6. The normalized spacial score (nSPS) is 24.7. The molecule has 2 aromatic rings. The minimum atomic E-state index is -0.343. The van der Waals surface area contributed by atoms with Crippen molar-refractivity contribution in [3.8, 4) is 34.5 Å². The van der Waals surface area contributed by atoms with Crippen molar-refractivity contribution in [1.82, 2.24) is 0 Å². The standard InChI is InChI=1S/C22H22O6/c1-22(2)5-4-11-15(28-22)9-18-20(21(11)23-3)13-7-19(27-18)26-14-8-17-16(6-12(13)14)24-10-25-17/h6,8-9,13,19H,4-5,7,10H2,1-3H3/t13-,19+/m1/s1. The zero-order chi connectivity index (χ0) is 19.0. The van der Waals surface area contributed by atoms with Crippen LogP contribution in [0.4, 0.5) is 0 Å². The maximum absolute atomic E-state index is 6.24. The second-order valence-electron chi connectivity index (χ2n) is 8.36. The summed E-state index contributed by atoms with van der Waals surface area (Å²) in [6.45, 7) is 4.46. The molecule has 0 aromatic heterocycles. The number of methoxy groups -OCH3 is 1. The van der Waals surface area contributed by atoms with Crippen molar-refractivity contribution in [2.75, 3.05) is 13.9 Å². The van der Waals surface area contributed by atoms with Gasteiger partial charge in [-0.05, 0) is 32.8 Å². The van der Waals surface area contributed by atoms with E-state index >= 15 is 0 Å².